The Kier molecular flexibility index (Phi) is 4.82. The van der Waals surface area contributed by atoms with Crippen LogP contribution in [-0.4, -0.2) is 12.1 Å². The van der Waals surface area contributed by atoms with Gasteiger partial charge in [0.05, 0.1) is 12.7 Å². The fraction of sp³-hybridized carbons (Fsp3) is 0.133. The maximum absolute atomic E-state index is 5.94. The highest BCUT2D eigenvalue weighted by molar-refractivity contribution is 7.80. The maximum Gasteiger partial charge on any atom is 0.133 e. The lowest BCUT2D eigenvalue weighted by atomic mass is 10.2. The second-order valence-electron chi connectivity index (χ2n) is 4.14. The van der Waals surface area contributed by atoms with Crippen LogP contribution in [0.3, 0.4) is 0 Å². The van der Waals surface area contributed by atoms with E-state index in [0.29, 0.717) is 28.7 Å². The number of methoxy groups -OCH3 is 1. The molecule has 0 saturated heterocycles. The summed E-state index contributed by atoms with van der Waals surface area (Å²) >= 11 is 11.0. The summed E-state index contributed by atoms with van der Waals surface area (Å²) in [5, 5.41) is 0.673. The zero-order chi connectivity index (χ0) is 14.5. The number of rotatable bonds is 5. The summed E-state index contributed by atoms with van der Waals surface area (Å²) in [4.78, 5) is 0.286. The van der Waals surface area contributed by atoms with Crippen LogP contribution in [0.1, 0.15) is 11.1 Å². The monoisotopic (exact) mass is 307 g/mol. The van der Waals surface area contributed by atoms with Gasteiger partial charge >= 0.3 is 0 Å². The first kappa shape index (κ1) is 14.6. The van der Waals surface area contributed by atoms with Gasteiger partial charge in [0, 0.05) is 11.1 Å². The van der Waals surface area contributed by atoms with Crippen LogP contribution in [0.4, 0.5) is 0 Å². The van der Waals surface area contributed by atoms with Crippen LogP contribution < -0.4 is 15.2 Å². The number of halogens is 1. The molecule has 0 saturated carbocycles. The van der Waals surface area contributed by atoms with Crippen molar-refractivity contribution in [2.24, 2.45) is 5.73 Å². The lowest BCUT2D eigenvalue weighted by Crippen LogP contribution is -2.11. The summed E-state index contributed by atoms with van der Waals surface area (Å²) in [6, 6.07) is 12.8. The fourth-order valence-electron chi connectivity index (χ4n) is 1.74. The van der Waals surface area contributed by atoms with Gasteiger partial charge in [0.1, 0.15) is 23.1 Å². The van der Waals surface area contributed by atoms with E-state index < -0.39 is 0 Å². The summed E-state index contributed by atoms with van der Waals surface area (Å²) in [6.45, 7) is 0.378. The number of hydrogen-bond acceptors (Lipinski definition) is 3. The van der Waals surface area contributed by atoms with Crippen LogP contribution in [0.25, 0.3) is 0 Å². The van der Waals surface area contributed by atoms with Crippen molar-refractivity contribution >= 4 is 28.8 Å². The minimum atomic E-state index is 0.286. The average Bonchev–Trinajstić information content (AvgIpc) is 2.44. The highest BCUT2D eigenvalue weighted by Gasteiger charge is 2.08. The Morgan fingerprint density at radius 2 is 2.05 bits per heavy atom. The molecule has 2 rings (SSSR count). The van der Waals surface area contributed by atoms with E-state index in [9.17, 15) is 0 Å². The highest BCUT2D eigenvalue weighted by atomic mass is 35.5. The lowest BCUT2D eigenvalue weighted by molar-refractivity contribution is 0.303. The number of nitrogens with two attached hydrogens (primary N) is 1. The quantitative estimate of drug-likeness (QED) is 0.858. The van der Waals surface area contributed by atoms with E-state index in [1.165, 1.54) is 0 Å². The minimum absolute atomic E-state index is 0.286. The molecule has 0 atom stereocenters. The fourth-order valence-corrected chi connectivity index (χ4v) is 2.12. The van der Waals surface area contributed by atoms with Gasteiger partial charge in [-0.1, -0.05) is 36.0 Å². The SMILES string of the molecule is COc1ccc(C(N)=S)c(OCc2cccc(Cl)c2)c1. The van der Waals surface area contributed by atoms with E-state index in [-0.39, 0.29) is 4.99 Å². The van der Waals surface area contributed by atoms with Gasteiger partial charge < -0.3 is 15.2 Å². The van der Waals surface area contributed by atoms with Gasteiger partial charge in [-0.15, -0.1) is 0 Å². The molecule has 0 aliphatic rings. The Labute approximate surface area is 128 Å². The molecule has 0 heterocycles. The van der Waals surface area contributed by atoms with Crippen LogP contribution in [0.5, 0.6) is 11.5 Å². The average molecular weight is 308 g/mol. The molecule has 5 heteroatoms. The van der Waals surface area contributed by atoms with E-state index in [4.69, 9.17) is 39.0 Å². The van der Waals surface area contributed by atoms with Gasteiger partial charge in [0.25, 0.3) is 0 Å². The largest absolute Gasteiger partial charge is 0.497 e. The summed E-state index contributed by atoms with van der Waals surface area (Å²) in [5.74, 6) is 1.28. The smallest absolute Gasteiger partial charge is 0.133 e. The van der Waals surface area contributed by atoms with Crippen molar-refractivity contribution in [3.05, 3.63) is 58.6 Å². The molecule has 2 N–H and O–H groups in total. The van der Waals surface area contributed by atoms with Crippen molar-refractivity contribution < 1.29 is 9.47 Å². The Balaban J connectivity index is 2.21. The predicted octanol–water partition coefficient (Wildman–Crippen LogP) is 3.56. The van der Waals surface area contributed by atoms with Crippen molar-refractivity contribution in [2.75, 3.05) is 7.11 Å². The van der Waals surface area contributed by atoms with Gasteiger partial charge in [0.15, 0.2) is 0 Å². The number of benzene rings is 2. The lowest BCUT2D eigenvalue weighted by Gasteiger charge is -2.12. The van der Waals surface area contributed by atoms with E-state index in [1.807, 2.05) is 24.3 Å². The Bertz CT molecular complexity index is 631. The molecule has 0 bridgehead atoms. The van der Waals surface area contributed by atoms with E-state index in [0.717, 1.165) is 5.56 Å². The van der Waals surface area contributed by atoms with Crippen LogP contribution in [0.15, 0.2) is 42.5 Å². The van der Waals surface area contributed by atoms with E-state index in [1.54, 1.807) is 25.3 Å². The van der Waals surface area contributed by atoms with Gasteiger partial charge in [-0.2, -0.15) is 0 Å². The third-order valence-corrected chi connectivity index (χ3v) is 3.19. The Morgan fingerprint density at radius 1 is 1.25 bits per heavy atom. The number of ether oxygens (including phenoxy) is 2. The zero-order valence-electron chi connectivity index (χ0n) is 10.9. The van der Waals surface area contributed by atoms with Crippen LogP contribution in [0, 0.1) is 0 Å². The van der Waals surface area contributed by atoms with Crippen LogP contribution >= 0.6 is 23.8 Å². The Morgan fingerprint density at radius 3 is 2.70 bits per heavy atom. The summed E-state index contributed by atoms with van der Waals surface area (Å²) in [6.07, 6.45) is 0. The third-order valence-electron chi connectivity index (χ3n) is 2.74. The maximum atomic E-state index is 5.94. The summed E-state index contributed by atoms with van der Waals surface area (Å²) in [7, 11) is 1.59. The van der Waals surface area contributed by atoms with E-state index >= 15 is 0 Å². The van der Waals surface area contributed by atoms with Crippen molar-refractivity contribution in [1.29, 1.82) is 0 Å². The molecule has 0 unspecified atom stereocenters. The van der Waals surface area contributed by atoms with Crippen LogP contribution in [-0.2, 0) is 6.61 Å². The standard InChI is InChI=1S/C15H14ClNO2S/c1-18-12-5-6-13(15(17)20)14(8-12)19-9-10-3-2-4-11(16)7-10/h2-8H,9H2,1H3,(H2,17,20). The molecule has 2 aromatic rings. The second kappa shape index (κ2) is 6.59. The summed E-state index contributed by atoms with van der Waals surface area (Å²) in [5.41, 5.74) is 7.34. The first-order valence-corrected chi connectivity index (χ1v) is 6.74. The Hall–Kier alpha value is -1.78. The van der Waals surface area contributed by atoms with Gasteiger partial charge in [-0.05, 0) is 29.8 Å². The molecule has 0 aliphatic carbocycles. The molecule has 0 radical (unpaired) electrons. The molecule has 0 amide bonds. The van der Waals surface area contributed by atoms with Crippen molar-refractivity contribution in [3.8, 4) is 11.5 Å². The molecule has 20 heavy (non-hydrogen) atoms. The minimum Gasteiger partial charge on any atom is -0.497 e. The predicted molar refractivity (Wildman–Crippen MR) is 84.7 cm³/mol. The molecule has 0 spiro atoms. The summed E-state index contributed by atoms with van der Waals surface area (Å²) < 4.78 is 11.0. The molecule has 0 aromatic heterocycles. The van der Waals surface area contributed by atoms with Gasteiger partial charge in [-0.3, -0.25) is 0 Å². The molecule has 3 nitrogen and oxygen atoms in total. The van der Waals surface area contributed by atoms with Gasteiger partial charge in [0.2, 0.25) is 0 Å². The van der Waals surface area contributed by atoms with Crippen molar-refractivity contribution in [1.82, 2.24) is 0 Å². The molecule has 2 aromatic carbocycles. The topological polar surface area (TPSA) is 44.5 Å². The zero-order valence-corrected chi connectivity index (χ0v) is 12.5. The highest BCUT2D eigenvalue weighted by Crippen LogP contribution is 2.26. The van der Waals surface area contributed by atoms with Crippen molar-refractivity contribution in [3.63, 3.8) is 0 Å². The number of thiocarbonyl (C=S) groups is 1. The normalized spacial score (nSPS) is 10.1. The van der Waals surface area contributed by atoms with Crippen LogP contribution in [0.2, 0.25) is 5.02 Å². The van der Waals surface area contributed by atoms with Crippen molar-refractivity contribution in [2.45, 2.75) is 6.61 Å². The first-order chi connectivity index (χ1) is 9.60. The molecule has 104 valence electrons. The number of hydrogen-bond donors (Lipinski definition) is 1. The third kappa shape index (κ3) is 3.62. The van der Waals surface area contributed by atoms with E-state index in [2.05, 4.69) is 0 Å². The second-order valence-corrected chi connectivity index (χ2v) is 5.02. The first-order valence-electron chi connectivity index (χ1n) is 5.95. The molecular formula is C15H14ClNO2S. The molecule has 0 aliphatic heterocycles. The molecular weight excluding hydrogens is 294 g/mol. The van der Waals surface area contributed by atoms with Gasteiger partial charge in [-0.25, -0.2) is 0 Å². The molecule has 0 fully saturated rings.